The molecule has 8 heteroatoms. The molecule has 2 heterocycles. The summed E-state index contributed by atoms with van der Waals surface area (Å²) >= 11 is 1.43. The molecule has 0 bridgehead atoms. The zero-order valence-corrected chi connectivity index (χ0v) is 15.2. The summed E-state index contributed by atoms with van der Waals surface area (Å²) in [5, 5.41) is 4.15. The van der Waals surface area contributed by atoms with Gasteiger partial charge in [0.15, 0.2) is 0 Å². The molecule has 2 fully saturated rings. The second-order valence-corrected chi connectivity index (χ2v) is 7.22. The zero-order valence-electron chi connectivity index (χ0n) is 14.4. The van der Waals surface area contributed by atoms with Crippen molar-refractivity contribution in [2.24, 2.45) is 0 Å². The van der Waals surface area contributed by atoms with Crippen LogP contribution in [0.1, 0.15) is 37.9 Å². The number of anilines is 1. The van der Waals surface area contributed by atoms with Gasteiger partial charge in [0, 0.05) is 57.3 Å². The number of aromatic nitrogens is 2. The first-order chi connectivity index (χ1) is 11.8. The molecule has 134 valence electrons. The number of piperazine rings is 1. The van der Waals surface area contributed by atoms with Crippen molar-refractivity contribution >= 4 is 22.7 Å². The molecule has 1 aliphatic carbocycles. The van der Waals surface area contributed by atoms with Gasteiger partial charge in [-0.2, -0.15) is 4.37 Å². The maximum absolute atomic E-state index is 12.4. The molecule has 2 amide bonds. The fourth-order valence-corrected chi connectivity index (χ4v) is 4.05. The molecule has 0 radical (unpaired) electrons. The van der Waals surface area contributed by atoms with Gasteiger partial charge in [-0.1, -0.05) is 19.3 Å². The van der Waals surface area contributed by atoms with Gasteiger partial charge in [0.25, 0.3) is 0 Å². The molecule has 1 saturated heterocycles. The molecule has 7 nitrogen and oxygen atoms in total. The average Bonchev–Trinajstić information content (AvgIpc) is 3.10. The quantitative estimate of drug-likeness (QED) is 0.875. The van der Waals surface area contributed by atoms with Gasteiger partial charge in [-0.3, -0.25) is 0 Å². The van der Waals surface area contributed by atoms with Crippen molar-refractivity contribution in [1.82, 2.24) is 19.6 Å². The molecular weight excluding hydrogens is 326 g/mol. The third kappa shape index (κ3) is 4.57. The van der Waals surface area contributed by atoms with Crippen LogP contribution in [0.5, 0.6) is 0 Å². The lowest BCUT2D eigenvalue weighted by atomic mass is 9.96. The number of carbonyl (C=O) groups excluding carboxylic acids is 1. The highest BCUT2D eigenvalue weighted by molar-refractivity contribution is 7.09. The van der Waals surface area contributed by atoms with Crippen molar-refractivity contribution in [3.8, 4) is 0 Å². The summed E-state index contributed by atoms with van der Waals surface area (Å²) in [7, 11) is 1.69. The van der Waals surface area contributed by atoms with E-state index in [1.165, 1.54) is 30.8 Å². The SMILES string of the molecule is COCCc1nsc(N2CCN(C(=O)NC3CCCCC3)CC2)n1. The van der Waals surface area contributed by atoms with E-state index in [-0.39, 0.29) is 6.03 Å². The van der Waals surface area contributed by atoms with Crippen molar-refractivity contribution in [3.05, 3.63) is 5.82 Å². The van der Waals surface area contributed by atoms with Crippen LogP contribution in [-0.2, 0) is 11.2 Å². The average molecular weight is 353 g/mol. The standard InChI is InChI=1S/C16H27N5O2S/c1-23-12-7-14-18-16(24-19-14)21-10-8-20(9-11-21)15(22)17-13-5-3-2-4-6-13/h13H,2-12H2,1H3,(H,17,22). The fraction of sp³-hybridized carbons (Fsp3) is 0.812. The van der Waals surface area contributed by atoms with E-state index >= 15 is 0 Å². The van der Waals surface area contributed by atoms with Crippen molar-refractivity contribution in [2.45, 2.75) is 44.6 Å². The van der Waals surface area contributed by atoms with Crippen LogP contribution in [0.2, 0.25) is 0 Å². The van der Waals surface area contributed by atoms with Crippen LogP contribution < -0.4 is 10.2 Å². The number of rotatable bonds is 5. The smallest absolute Gasteiger partial charge is 0.317 e. The summed E-state index contributed by atoms with van der Waals surface area (Å²) in [4.78, 5) is 21.1. The number of hydrogen-bond donors (Lipinski definition) is 1. The summed E-state index contributed by atoms with van der Waals surface area (Å²) in [5.41, 5.74) is 0. The summed E-state index contributed by atoms with van der Waals surface area (Å²) < 4.78 is 9.44. The molecule has 1 aromatic heterocycles. The van der Waals surface area contributed by atoms with Crippen LogP contribution in [0.25, 0.3) is 0 Å². The van der Waals surface area contributed by atoms with Crippen LogP contribution in [0.15, 0.2) is 0 Å². The zero-order chi connectivity index (χ0) is 16.8. The molecule has 1 saturated carbocycles. The van der Waals surface area contributed by atoms with E-state index in [9.17, 15) is 4.79 Å². The van der Waals surface area contributed by atoms with Crippen molar-refractivity contribution < 1.29 is 9.53 Å². The molecule has 0 aromatic carbocycles. The third-order valence-electron chi connectivity index (χ3n) is 4.76. The van der Waals surface area contributed by atoms with Gasteiger partial charge in [0.1, 0.15) is 5.82 Å². The van der Waals surface area contributed by atoms with E-state index in [0.29, 0.717) is 12.6 Å². The van der Waals surface area contributed by atoms with Gasteiger partial charge in [0.2, 0.25) is 5.13 Å². The molecule has 0 spiro atoms. The number of nitrogens with one attached hydrogen (secondary N) is 1. The summed E-state index contributed by atoms with van der Waals surface area (Å²) in [5.74, 6) is 0.842. The van der Waals surface area contributed by atoms with Gasteiger partial charge in [-0.25, -0.2) is 9.78 Å². The fourth-order valence-electron chi connectivity index (χ4n) is 3.28. The Hall–Kier alpha value is -1.41. The van der Waals surface area contributed by atoms with Gasteiger partial charge in [-0.15, -0.1) is 0 Å². The molecule has 24 heavy (non-hydrogen) atoms. The Morgan fingerprint density at radius 2 is 2.00 bits per heavy atom. The minimum atomic E-state index is 0.0968. The van der Waals surface area contributed by atoms with E-state index < -0.39 is 0 Å². The lowest BCUT2D eigenvalue weighted by Crippen LogP contribution is -2.53. The van der Waals surface area contributed by atoms with E-state index in [1.807, 2.05) is 4.90 Å². The van der Waals surface area contributed by atoms with Gasteiger partial charge in [-0.05, 0) is 12.8 Å². The van der Waals surface area contributed by atoms with Crippen LogP contribution in [-0.4, -0.2) is 66.2 Å². The molecular formula is C16H27N5O2S. The first-order valence-electron chi connectivity index (χ1n) is 8.88. The van der Waals surface area contributed by atoms with Crippen LogP contribution in [0.4, 0.5) is 9.93 Å². The Morgan fingerprint density at radius 1 is 1.25 bits per heavy atom. The predicted molar refractivity (Wildman–Crippen MR) is 94.7 cm³/mol. The Kier molecular flexibility index (Phi) is 6.25. The summed E-state index contributed by atoms with van der Waals surface area (Å²) in [6, 6.07) is 0.468. The molecule has 1 N–H and O–H groups in total. The number of methoxy groups -OCH3 is 1. The molecule has 0 atom stereocenters. The van der Waals surface area contributed by atoms with Gasteiger partial charge >= 0.3 is 6.03 Å². The molecule has 0 unspecified atom stereocenters. The Morgan fingerprint density at radius 3 is 2.71 bits per heavy atom. The summed E-state index contributed by atoms with van der Waals surface area (Å²) in [6.45, 7) is 3.76. The number of amides is 2. The van der Waals surface area contributed by atoms with Crippen LogP contribution in [0, 0.1) is 0 Å². The first kappa shape index (κ1) is 17.4. The normalized spacial score (nSPS) is 19.5. The monoisotopic (exact) mass is 353 g/mol. The maximum atomic E-state index is 12.4. The van der Waals surface area contributed by atoms with Gasteiger partial charge < -0.3 is 19.9 Å². The molecule has 1 aromatic rings. The number of hydrogen-bond acceptors (Lipinski definition) is 6. The molecule has 2 aliphatic rings. The first-order valence-corrected chi connectivity index (χ1v) is 9.65. The number of nitrogens with zero attached hydrogens (tertiary/aromatic N) is 4. The lowest BCUT2D eigenvalue weighted by Gasteiger charge is -2.35. The largest absolute Gasteiger partial charge is 0.384 e. The van der Waals surface area contributed by atoms with Crippen molar-refractivity contribution in [2.75, 3.05) is 44.8 Å². The minimum Gasteiger partial charge on any atom is -0.384 e. The minimum absolute atomic E-state index is 0.0968. The van der Waals surface area contributed by atoms with Gasteiger partial charge in [0.05, 0.1) is 6.61 Å². The lowest BCUT2D eigenvalue weighted by molar-refractivity contribution is 0.186. The highest BCUT2D eigenvalue weighted by Gasteiger charge is 2.25. The Labute approximate surface area is 147 Å². The highest BCUT2D eigenvalue weighted by Crippen LogP contribution is 2.20. The van der Waals surface area contributed by atoms with Crippen molar-refractivity contribution in [3.63, 3.8) is 0 Å². The molecule has 3 rings (SSSR count). The number of ether oxygens (including phenoxy) is 1. The predicted octanol–water partition coefficient (Wildman–Crippen LogP) is 1.89. The number of urea groups is 1. The molecule has 1 aliphatic heterocycles. The van der Waals surface area contributed by atoms with Crippen molar-refractivity contribution in [1.29, 1.82) is 0 Å². The third-order valence-corrected chi connectivity index (χ3v) is 5.57. The number of carbonyl (C=O) groups is 1. The Bertz CT molecular complexity index is 524. The van der Waals surface area contributed by atoms with Crippen LogP contribution >= 0.6 is 11.5 Å². The van der Waals surface area contributed by atoms with Crippen LogP contribution in [0.3, 0.4) is 0 Å². The topological polar surface area (TPSA) is 70.6 Å². The second-order valence-electron chi connectivity index (χ2n) is 6.49. The summed E-state index contributed by atoms with van der Waals surface area (Å²) in [6.07, 6.45) is 6.78. The van der Waals surface area contributed by atoms with E-state index in [4.69, 9.17) is 4.74 Å². The Balaban J connectivity index is 1.44. The van der Waals surface area contributed by atoms with E-state index in [2.05, 4.69) is 19.6 Å². The van der Waals surface area contributed by atoms with E-state index in [1.54, 1.807) is 7.11 Å². The maximum Gasteiger partial charge on any atom is 0.317 e. The highest BCUT2D eigenvalue weighted by atomic mass is 32.1. The second kappa shape index (κ2) is 8.62. The van der Waals surface area contributed by atoms with E-state index in [0.717, 1.165) is 56.4 Å².